The first-order chi connectivity index (χ1) is 14.0. The van der Waals surface area contributed by atoms with Gasteiger partial charge in [0, 0.05) is 14.2 Å². The molecule has 0 heterocycles. The van der Waals surface area contributed by atoms with Gasteiger partial charge in [-0.2, -0.15) is 0 Å². The predicted molar refractivity (Wildman–Crippen MR) is 102 cm³/mol. The van der Waals surface area contributed by atoms with Gasteiger partial charge in [-0.15, -0.1) is 0 Å². The van der Waals surface area contributed by atoms with Gasteiger partial charge in [0.25, 0.3) is 0 Å². The maximum atomic E-state index is 11.7. The molecule has 14 heteroatoms. The SMILES string of the molecule is COP(=O)([O-])OC(=O)c1ccc(/C=C/c2ccc(C(=O)OP(=O)([O-])OC)cc2)cc1.[Na+].[Na+]. The van der Waals surface area contributed by atoms with Crippen molar-refractivity contribution in [3.8, 4) is 0 Å². The van der Waals surface area contributed by atoms with Crippen molar-refractivity contribution >= 4 is 39.7 Å². The standard InChI is InChI=1S/C18H18O10P2.2Na/c1-25-29(21,22)27-17(19)15-9-5-13(6-10-15)3-4-14-7-11-16(12-8-14)18(20)28-30(23,24)26-2;;/h3-12H,1-2H3,(H,21,22)(H,23,24);;/q;2*+1/p-2/b4-3+;;. The summed E-state index contributed by atoms with van der Waals surface area (Å²) >= 11 is 0. The maximum absolute atomic E-state index is 11.7. The molecule has 0 spiro atoms. The van der Waals surface area contributed by atoms with E-state index < -0.39 is 27.6 Å². The molecule has 2 aromatic carbocycles. The van der Waals surface area contributed by atoms with Crippen LogP contribution >= 0.6 is 15.6 Å². The molecule has 2 rings (SSSR count). The maximum Gasteiger partial charge on any atom is 1.00 e. The summed E-state index contributed by atoms with van der Waals surface area (Å²) in [5.74, 6) is -2.13. The number of rotatable bonds is 8. The summed E-state index contributed by atoms with van der Waals surface area (Å²) in [7, 11) is -7.58. The van der Waals surface area contributed by atoms with Crippen molar-refractivity contribution in [3.63, 3.8) is 0 Å². The number of carbonyl (C=O) groups excluding carboxylic acids is 2. The smallest absolute Gasteiger partial charge is 0.746 e. The third-order valence-electron chi connectivity index (χ3n) is 3.60. The van der Waals surface area contributed by atoms with Gasteiger partial charge in [0.1, 0.15) is 0 Å². The van der Waals surface area contributed by atoms with Gasteiger partial charge in [0.05, 0.1) is 11.1 Å². The number of phosphoric acid groups is 2. The Morgan fingerprint density at radius 1 is 0.688 bits per heavy atom. The van der Waals surface area contributed by atoms with Gasteiger partial charge in [0.15, 0.2) is 0 Å². The van der Waals surface area contributed by atoms with Gasteiger partial charge >= 0.3 is 86.7 Å². The molecule has 2 unspecified atom stereocenters. The van der Waals surface area contributed by atoms with Crippen LogP contribution in [0.4, 0.5) is 0 Å². The molecule has 0 saturated heterocycles. The fourth-order valence-corrected chi connectivity index (χ4v) is 2.80. The molecule has 160 valence electrons. The van der Waals surface area contributed by atoms with Crippen molar-refractivity contribution in [2.24, 2.45) is 0 Å². The Balaban J connectivity index is 0.00000480. The van der Waals surface area contributed by atoms with Crippen LogP contribution in [-0.4, -0.2) is 26.2 Å². The molecule has 0 aliphatic carbocycles. The van der Waals surface area contributed by atoms with Crippen LogP contribution in [0.1, 0.15) is 31.8 Å². The third kappa shape index (κ3) is 10.1. The molecule has 0 aliphatic rings. The third-order valence-corrected chi connectivity index (χ3v) is 5.27. The Hall–Kier alpha value is -0.580. The van der Waals surface area contributed by atoms with Gasteiger partial charge in [-0.05, 0) is 35.4 Å². The molecular weight excluding hydrogens is 484 g/mol. The normalized spacial score (nSPS) is 14.2. The topological polar surface area (TPSA) is 151 Å². The van der Waals surface area contributed by atoms with Crippen molar-refractivity contribution < 1.29 is 106 Å². The molecule has 32 heavy (non-hydrogen) atoms. The minimum Gasteiger partial charge on any atom is -0.746 e. The van der Waals surface area contributed by atoms with E-state index in [1.54, 1.807) is 36.4 Å². The summed E-state index contributed by atoms with van der Waals surface area (Å²) in [5, 5.41) is 0. The van der Waals surface area contributed by atoms with E-state index in [0.717, 1.165) is 14.2 Å². The number of benzene rings is 2. The van der Waals surface area contributed by atoms with E-state index >= 15 is 0 Å². The van der Waals surface area contributed by atoms with Crippen LogP contribution in [0, 0.1) is 0 Å². The van der Waals surface area contributed by atoms with E-state index in [1.807, 2.05) is 0 Å². The Morgan fingerprint density at radius 3 is 1.22 bits per heavy atom. The molecule has 10 nitrogen and oxygen atoms in total. The zero-order valence-corrected chi connectivity index (χ0v) is 23.5. The summed E-state index contributed by atoms with van der Waals surface area (Å²) in [5.41, 5.74) is 1.43. The van der Waals surface area contributed by atoms with Crippen LogP contribution in [0.5, 0.6) is 0 Å². The van der Waals surface area contributed by atoms with E-state index in [0.29, 0.717) is 11.1 Å². The zero-order chi connectivity index (χ0) is 22.4. The molecule has 2 atom stereocenters. The Kier molecular flexibility index (Phi) is 13.7. The van der Waals surface area contributed by atoms with Crippen LogP contribution in [0.25, 0.3) is 12.2 Å². The molecular formula is C18H16Na2O10P2. The molecule has 0 fully saturated rings. The second-order valence-electron chi connectivity index (χ2n) is 5.59. The van der Waals surface area contributed by atoms with Gasteiger partial charge in [0.2, 0.25) is 0 Å². The van der Waals surface area contributed by atoms with Crippen molar-refractivity contribution in [3.05, 3.63) is 70.8 Å². The van der Waals surface area contributed by atoms with E-state index in [4.69, 9.17) is 0 Å². The molecule has 0 saturated carbocycles. The molecule has 0 bridgehead atoms. The van der Waals surface area contributed by atoms with Crippen molar-refractivity contribution in [1.29, 1.82) is 0 Å². The van der Waals surface area contributed by atoms with Crippen molar-refractivity contribution in [1.82, 2.24) is 0 Å². The Labute approximate surface area is 228 Å². The van der Waals surface area contributed by atoms with Gasteiger partial charge in [-0.3, -0.25) is 9.13 Å². The molecule has 0 aromatic heterocycles. The number of hydrogen-bond acceptors (Lipinski definition) is 10. The summed E-state index contributed by atoms with van der Waals surface area (Å²) < 4.78 is 38.9. The molecule has 0 aliphatic heterocycles. The largest absolute Gasteiger partial charge is 1.00 e. The monoisotopic (exact) mass is 500 g/mol. The predicted octanol–water partition coefficient (Wildman–Crippen LogP) is -3.59. The zero-order valence-electron chi connectivity index (χ0n) is 17.8. The number of phosphoric ester groups is 2. The van der Waals surface area contributed by atoms with E-state index in [-0.39, 0.29) is 70.2 Å². The first-order valence-electron chi connectivity index (χ1n) is 8.15. The Morgan fingerprint density at radius 2 is 0.969 bits per heavy atom. The van der Waals surface area contributed by atoms with Crippen molar-refractivity contribution in [2.45, 2.75) is 0 Å². The second-order valence-corrected chi connectivity index (χ2v) is 8.48. The van der Waals surface area contributed by atoms with Gasteiger partial charge in [-0.25, -0.2) is 9.59 Å². The average molecular weight is 500 g/mol. The van der Waals surface area contributed by atoms with Crippen molar-refractivity contribution in [2.75, 3.05) is 14.2 Å². The van der Waals surface area contributed by atoms with Gasteiger partial charge in [-0.1, -0.05) is 36.4 Å². The molecule has 0 radical (unpaired) electrons. The average Bonchev–Trinajstić information content (AvgIpc) is 2.72. The minimum absolute atomic E-state index is 0. The van der Waals surface area contributed by atoms with Gasteiger partial charge < -0.3 is 27.9 Å². The first kappa shape index (κ1) is 31.4. The van der Waals surface area contributed by atoms with E-state index in [9.17, 15) is 28.5 Å². The number of hydrogen-bond donors (Lipinski definition) is 0. The van der Waals surface area contributed by atoms with Crippen LogP contribution in [0.2, 0.25) is 0 Å². The van der Waals surface area contributed by atoms with Crippen LogP contribution in [0.15, 0.2) is 48.5 Å². The quantitative estimate of drug-likeness (QED) is 0.202. The minimum atomic E-state index is -4.67. The molecule has 2 aromatic rings. The second kappa shape index (κ2) is 14.0. The number of carbonyl (C=O) groups is 2. The van der Waals surface area contributed by atoms with Crippen LogP contribution in [0.3, 0.4) is 0 Å². The van der Waals surface area contributed by atoms with Crippen LogP contribution < -0.4 is 68.9 Å². The van der Waals surface area contributed by atoms with Crippen LogP contribution in [-0.2, 0) is 27.2 Å². The van der Waals surface area contributed by atoms with E-state index in [2.05, 4.69) is 18.1 Å². The summed E-state index contributed by atoms with van der Waals surface area (Å²) in [6, 6.07) is 11.8. The molecule has 0 amide bonds. The Bertz CT molecular complexity index is 955. The van der Waals surface area contributed by atoms with E-state index in [1.165, 1.54) is 24.3 Å². The fraction of sp³-hybridized carbons (Fsp3) is 0.111. The summed E-state index contributed by atoms with van der Waals surface area (Å²) in [4.78, 5) is 45.7. The first-order valence-corrected chi connectivity index (χ1v) is 11.1. The summed E-state index contributed by atoms with van der Waals surface area (Å²) in [6.45, 7) is 0. The fourth-order valence-electron chi connectivity index (χ4n) is 2.04. The summed E-state index contributed by atoms with van der Waals surface area (Å²) in [6.07, 6.45) is 3.40. The molecule has 0 N–H and O–H groups in total.